The van der Waals surface area contributed by atoms with E-state index in [9.17, 15) is 4.79 Å². The molecule has 2 N–H and O–H groups in total. The summed E-state index contributed by atoms with van der Waals surface area (Å²) in [6, 6.07) is 8.85. The molecule has 1 aliphatic rings. The Kier molecular flexibility index (Phi) is 4.60. The van der Waals surface area contributed by atoms with Crippen LogP contribution in [0.15, 0.2) is 41.1 Å². The molecule has 0 radical (unpaired) electrons. The van der Waals surface area contributed by atoms with Crippen LogP contribution in [0.4, 0.5) is 4.79 Å². The first kappa shape index (κ1) is 14.9. The Bertz CT molecular complexity index is 615. The topological polar surface area (TPSA) is 76.4 Å². The molecular formula is C15H16ClN3O3. The summed E-state index contributed by atoms with van der Waals surface area (Å²) in [5.41, 5.74) is 1.68. The minimum absolute atomic E-state index is 0.0708. The van der Waals surface area contributed by atoms with Crippen molar-refractivity contribution in [3.63, 3.8) is 0 Å². The molecule has 22 heavy (non-hydrogen) atoms. The van der Waals surface area contributed by atoms with Crippen molar-refractivity contribution in [3.8, 4) is 0 Å². The third-order valence-electron chi connectivity index (χ3n) is 3.53. The van der Waals surface area contributed by atoms with Crippen molar-refractivity contribution in [2.75, 3.05) is 6.61 Å². The Labute approximate surface area is 132 Å². The molecule has 0 saturated carbocycles. The summed E-state index contributed by atoms with van der Waals surface area (Å²) in [6.45, 7) is 0.934. The number of hydrogen-bond acceptors (Lipinski definition) is 4. The summed E-state index contributed by atoms with van der Waals surface area (Å²) in [7, 11) is 0. The van der Waals surface area contributed by atoms with Crippen LogP contribution in [0.1, 0.15) is 23.8 Å². The number of urea groups is 1. The van der Waals surface area contributed by atoms with Crippen LogP contribution in [0.2, 0.25) is 5.02 Å². The van der Waals surface area contributed by atoms with Gasteiger partial charge in [0.05, 0.1) is 12.6 Å². The molecule has 116 valence electrons. The Morgan fingerprint density at radius 1 is 1.32 bits per heavy atom. The minimum atomic E-state index is -0.252. The number of nitrogens with one attached hydrogen (secondary N) is 2. The molecule has 1 fully saturated rings. The van der Waals surface area contributed by atoms with Gasteiger partial charge in [0.15, 0.2) is 0 Å². The van der Waals surface area contributed by atoms with Crippen LogP contribution in [0.25, 0.3) is 0 Å². The van der Waals surface area contributed by atoms with Crippen molar-refractivity contribution in [2.45, 2.75) is 25.1 Å². The minimum Gasteiger partial charge on any atom is -0.371 e. The van der Waals surface area contributed by atoms with Gasteiger partial charge in [-0.25, -0.2) is 4.79 Å². The van der Waals surface area contributed by atoms with Crippen LogP contribution in [0, 0.1) is 0 Å². The molecule has 3 rings (SSSR count). The summed E-state index contributed by atoms with van der Waals surface area (Å²) in [4.78, 5) is 12.0. The first-order valence-electron chi connectivity index (χ1n) is 7.03. The SMILES string of the molecule is O=C(NCc1ccon1)N[C@H]1CCO[C@H]1c1ccc(Cl)cc1. The average molecular weight is 322 g/mol. The van der Waals surface area contributed by atoms with Crippen LogP contribution >= 0.6 is 11.6 Å². The molecule has 2 amide bonds. The van der Waals surface area contributed by atoms with E-state index >= 15 is 0 Å². The molecule has 0 bridgehead atoms. The quantitative estimate of drug-likeness (QED) is 0.907. The molecular weight excluding hydrogens is 306 g/mol. The standard InChI is InChI=1S/C15H16ClN3O3/c16-11-3-1-10(2-4-11)14-13(6-7-21-14)18-15(20)17-9-12-5-8-22-19-12/h1-5,8,13-14H,6-7,9H2,(H2,17,18,20)/t13-,14-/m0/s1. The van der Waals surface area contributed by atoms with Crippen LogP contribution in [0.3, 0.4) is 0 Å². The van der Waals surface area contributed by atoms with Gasteiger partial charge in [0.25, 0.3) is 0 Å². The first-order valence-corrected chi connectivity index (χ1v) is 7.41. The molecule has 7 heteroatoms. The maximum absolute atomic E-state index is 12.0. The molecule has 6 nitrogen and oxygen atoms in total. The number of halogens is 1. The second kappa shape index (κ2) is 6.81. The van der Waals surface area contributed by atoms with E-state index in [1.165, 1.54) is 6.26 Å². The highest BCUT2D eigenvalue weighted by Gasteiger charge is 2.30. The number of nitrogens with zero attached hydrogens (tertiary/aromatic N) is 1. The molecule has 0 spiro atoms. The normalized spacial score (nSPS) is 20.8. The fourth-order valence-corrected chi connectivity index (χ4v) is 2.56. The van der Waals surface area contributed by atoms with Crippen molar-refractivity contribution < 1.29 is 14.1 Å². The van der Waals surface area contributed by atoms with Gasteiger partial charge in [-0.05, 0) is 24.1 Å². The van der Waals surface area contributed by atoms with Gasteiger partial charge in [0.1, 0.15) is 18.1 Å². The average Bonchev–Trinajstić information content (AvgIpc) is 3.17. The van der Waals surface area contributed by atoms with Gasteiger partial charge < -0.3 is 19.9 Å². The Morgan fingerprint density at radius 3 is 2.86 bits per heavy atom. The van der Waals surface area contributed by atoms with Gasteiger partial charge in [-0.1, -0.05) is 28.9 Å². The lowest BCUT2D eigenvalue weighted by Gasteiger charge is -2.20. The number of hydrogen-bond donors (Lipinski definition) is 2. The predicted octanol–water partition coefficient (Wildman–Crippen LogP) is 2.66. The zero-order chi connectivity index (χ0) is 15.4. The van der Waals surface area contributed by atoms with Gasteiger partial charge in [-0.3, -0.25) is 0 Å². The van der Waals surface area contributed by atoms with E-state index in [1.54, 1.807) is 6.07 Å². The third-order valence-corrected chi connectivity index (χ3v) is 3.78. The second-order valence-corrected chi connectivity index (χ2v) is 5.49. The number of carbonyl (C=O) groups is 1. The largest absolute Gasteiger partial charge is 0.371 e. The van der Waals surface area contributed by atoms with Crippen LogP contribution in [-0.4, -0.2) is 23.8 Å². The highest BCUT2D eigenvalue weighted by atomic mass is 35.5. The lowest BCUT2D eigenvalue weighted by molar-refractivity contribution is 0.0999. The third kappa shape index (κ3) is 3.58. The van der Waals surface area contributed by atoms with E-state index in [0.29, 0.717) is 23.9 Å². The zero-order valence-corrected chi connectivity index (χ0v) is 12.5. The van der Waals surface area contributed by atoms with Crippen molar-refractivity contribution in [1.82, 2.24) is 15.8 Å². The number of rotatable bonds is 4. The van der Waals surface area contributed by atoms with Crippen LogP contribution in [0.5, 0.6) is 0 Å². The van der Waals surface area contributed by atoms with E-state index in [0.717, 1.165) is 12.0 Å². The summed E-state index contributed by atoms with van der Waals surface area (Å²) < 4.78 is 10.4. The van der Waals surface area contributed by atoms with E-state index < -0.39 is 0 Å². The number of benzene rings is 1. The zero-order valence-electron chi connectivity index (χ0n) is 11.8. The van der Waals surface area contributed by atoms with E-state index in [2.05, 4.69) is 15.8 Å². The summed E-state index contributed by atoms with van der Waals surface area (Å²) in [5.74, 6) is 0. The van der Waals surface area contributed by atoms with E-state index in [-0.39, 0.29) is 18.2 Å². The second-order valence-electron chi connectivity index (χ2n) is 5.06. The lowest BCUT2D eigenvalue weighted by atomic mass is 10.0. The Hall–Kier alpha value is -2.05. The van der Waals surface area contributed by atoms with Gasteiger partial charge in [0, 0.05) is 17.7 Å². The molecule has 1 saturated heterocycles. The Morgan fingerprint density at radius 2 is 2.14 bits per heavy atom. The van der Waals surface area contributed by atoms with Gasteiger partial charge in [-0.2, -0.15) is 0 Å². The summed E-state index contributed by atoms with van der Waals surface area (Å²) in [6.07, 6.45) is 2.08. The smallest absolute Gasteiger partial charge is 0.315 e. The predicted molar refractivity (Wildman–Crippen MR) is 80.4 cm³/mol. The number of amides is 2. The van der Waals surface area contributed by atoms with Crippen molar-refractivity contribution in [2.24, 2.45) is 0 Å². The number of aromatic nitrogens is 1. The maximum Gasteiger partial charge on any atom is 0.315 e. The Balaban J connectivity index is 1.56. The molecule has 0 aliphatic carbocycles. The van der Waals surface area contributed by atoms with Crippen LogP contribution < -0.4 is 10.6 Å². The lowest BCUT2D eigenvalue weighted by Crippen LogP contribution is -2.43. The van der Waals surface area contributed by atoms with E-state index in [1.807, 2.05) is 24.3 Å². The molecule has 2 aromatic rings. The van der Waals surface area contributed by atoms with Gasteiger partial charge >= 0.3 is 6.03 Å². The van der Waals surface area contributed by atoms with Crippen molar-refractivity contribution >= 4 is 17.6 Å². The molecule has 0 unspecified atom stereocenters. The first-order chi connectivity index (χ1) is 10.7. The molecule has 1 aliphatic heterocycles. The monoisotopic (exact) mass is 321 g/mol. The fourth-order valence-electron chi connectivity index (χ4n) is 2.44. The number of ether oxygens (including phenoxy) is 1. The highest BCUT2D eigenvalue weighted by molar-refractivity contribution is 6.30. The van der Waals surface area contributed by atoms with Crippen molar-refractivity contribution in [1.29, 1.82) is 0 Å². The molecule has 2 atom stereocenters. The maximum atomic E-state index is 12.0. The van der Waals surface area contributed by atoms with Crippen molar-refractivity contribution in [3.05, 3.63) is 52.9 Å². The van der Waals surface area contributed by atoms with Gasteiger partial charge in [-0.15, -0.1) is 0 Å². The molecule has 2 heterocycles. The van der Waals surface area contributed by atoms with Gasteiger partial charge in [0.2, 0.25) is 0 Å². The summed E-state index contributed by atoms with van der Waals surface area (Å²) in [5, 5.41) is 10.1. The summed E-state index contributed by atoms with van der Waals surface area (Å²) >= 11 is 5.90. The van der Waals surface area contributed by atoms with E-state index in [4.69, 9.17) is 20.9 Å². The fraction of sp³-hybridized carbons (Fsp3) is 0.333. The molecule has 1 aromatic heterocycles. The highest BCUT2D eigenvalue weighted by Crippen LogP contribution is 2.29. The molecule has 1 aromatic carbocycles. The number of carbonyl (C=O) groups excluding carboxylic acids is 1. The van der Waals surface area contributed by atoms with Crippen LogP contribution in [-0.2, 0) is 11.3 Å².